The molecule has 5 aliphatic heterocycles. The van der Waals surface area contributed by atoms with E-state index in [9.17, 15) is 57.0 Å². The van der Waals surface area contributed by atoms with Gasteiger partial charge in [0.2, 0.25) is 23.6 Å². The number of carbonyl (C=O) groups excluding carboxylic acids is 9. The second-order valence-electron chi connectivity index (χ2n) is 26.9. The Kier molecular flexibility index (Phi) is 25.2. The molecule has 8 aliphatic rings. The van der Waals surface area contributed by atoms with Crippen LogP contribution >= 0.6 is 12.4 Å². The second-order valence-corrected chi connectivity index (χ2v) is 26.9. The van der Waals surface area contributed by atoms with Crippen LogP contribution in [-0.2, 0) is 97.4 Å². The highest BCUT2D eigenvalue weighted by Gasteiger charge is 2.63. The van der Waals surface area contributed by atoms with Crippen LogP contribution in [0.15, 0.2) is 60.7 Å². The number of aliphatic hydroxyl groups excluding tert-OH is 1. The molecule has 93 heavy (non-hydrogen) atoms. The molecule has 512 valence electrons. The van der Waals surface area contributed by atoms with Crippen LogP contribution in [0.4, 0.5) is 13.6 Å². The summed E-state index contributed by atoms with van der Waals surface area (Å²) in [7, 11) is 0. The Morgan fingerprint density at radius 2 is 1.13 bits per heavy atom. The van der Waals surface area contributed by atoms with Gasteiger partial charge in [-0.05, 0) is 142 Å². The number of aryl methyl sites for hydroxylation is 1. The zero-order valence-corrected chi connectivity index (χ0v) is 55.5. The summed E-state index contributed by atoms with van der Waals surface area (Å²) in [5.41, 5.74) is -0.672. The minimum absolute atomic E-state index is 0. The zero-order chi connectivity index (χ0) is 66.7. The number of allylic oxidation sites excluding steroid dienone is 2. The Morgan fingerprint density at radius 1 is 0.645 bits per heavy atom. The Bertz CT molecular complexity index is 3120. The van der Waals surface area contributed by atoms with Crippen molar-refractivity contribution in [1.82, 2.24) is 25.3 Å². The Labute approximate surface area is 548 Å². The first-order chi connectivity index (χ1) is 43.6. The molecule has 0 bridgehead atoms. The molecule has 10 rings (SSSR count). The third-order valence-electron chi connectivity index (χ3n) is 17.3. The highest BCUT2D eigenvalue weighted by Crippen LogP contribution is 2.48. The molecular weight excluding hydrogens is 1230 g/mol. The van der Waals surface area contributed by atoms with Crippen LogP contribution in [0.3, 0.4) is 0 Å². The molecular formula is C68H92ClF2N5O17. The molecule has 0 spiro atoms. The summed E-state index contributed by atoms with van der Waals surface area (Å²) in [6.07, 6.45) is 11.3. The maximum Gasteiger partial charge on any atom is 0.410 e. The van der Waals surface area contributed by atoms with E-state index in [2.05, 4.69) is 10.6 Å². The Hall–Kier alpha value is -7.02. The lowest BCUT2D eigenvalue weighted by atomic mass is 10.0. The number of hydrogen-bond acceptors (Lipinski definition) is 17. The molecule has 0 unspecified atom stereocenters. The van der Waals surface area contributed by atoms with Crippen molar-refractivity contribution in [2.45, 2.75) is 199 Å². The smallest absolute Gasteiger partial charge is 0.410 e. The van der Waals surface area contributed by atoms with Crippen molar-refractivity contribution < 1.29 is 90.2 Å². The molecule has 2 aromatic rings. The number of benzene rings is 2. The standard InChI is InChI=1S/C34H44FN3O9.C25H38N2O8.C9H9F.ClH/c1-5-45-31(42)34-16-23(34)11-7-6-8-13-44-20-22(14-28(39)47-33(2,3)4)30(41)38-18-24(15-27(38)29(40)36-34)46-32(43)37-17-21-10-9-12-26(35)25(21)19-37;1-5-34-23(32)25-13-17(25)9-7-6-8-10-33-15-16(11-20(29)35-24(2,3)4)22(31)27-14-18(28)12-19(27)21(30)26-25;10-9-6-2-4-7-3-1-5-8(7)9;/h7,9-12,22-24,27H,5-6,8,13-20H2,1-4H3,(H,36,40);7,9,16-19,28H,5-6,8,10-15H2,1-4H3,(H,26,30);2,4,6H,1,3,5H2;1H/b11-7-;9-7-;;/t22-,23+,24+,27-,34+;16-,17+,18+,19-,25+;;/m00../s1. The molecule has 2 saturated carbocycles. The van der Waals surface area contributed by atoms with Crippen molar-refractivity contribution in [3.05, 3.63) is 94.6 Å². The van der Waals surface area contributed by atoms with Gasteiger partial charge in [-0.25, -0.2) is 23.2 Å². The van der Waals surface area contributed by atoms with E-state index < -0.39 is 118 Å². The number of halogens is 3. The Morgan fingerprint density at radius 3 is 1.61 bits per heavy atom. The first-order valence-corrected chi connectivity index (χ1v) is 32.3. The quantitative estimate of drug-likeness (QED) is 0.127. The summed E-state index contributed by atoms with van der Waals surface area (Å²) in [6.45, 7) is 14.8. The van der Waals surface area contributed by atoms with Crippen LogP contribution in [0.2, 0.25) is 0 Å². The lowest BCUT2D eigenvalue weighted by Crippen LogP contribution is -2.54. The van der Waals surface area contributed by atoms with Gasteiger partial charge in [-0.1, -0.05) is 48.6 Å². The monoisotopic (exact) mass is 1320 g/mol. The first-order valence-electron chi connectivity index (χ1n) is 32.3. The van der Waals surface area contributed by atoms with E-state index in [4.69, 9.17) is 33.2 Å². The number of hydrogen-bond donors (Lipinski definition) is 3. The number of nitrogens with one attached hydrogen (secondary N) is 2. The minimum Gasteiger partial charge on any atom is -0.464 e. The summed E-state index contributed by atoms with van der Waals surface area (Å²) in [6, 6.07) is 7.93. The molecule has 0 radical (unpaired) electrons. The average Bonchev–Trinajstić information content (AvgIpc) is 1.59. The van der Waals surface area contributed by atoms with Gasteiger partial charge in [0.05, 0.1) is 70.3 Å². The molecule has 0 aromatic heterocycles. The van der Waals surface area contributed by atoms with Gasteiger partial charge in [-0.2, -0.15) is 0 Å². The predicted octanol–water partition coefficient (Wildman–Crippen LogP) is 7.24. The van der Waals surface area contributed by atoms with Gasteiger partial charge >= 0.3 is 30.0 Å². The fraction of sp³-hybridized carbons (Fsp3) is 0.632. The molecule has 4 fully saturated rings. The average molecular weight is 1320 g/mol. The van der Waals surface area contributed by atoms with Gasteiger partial charge in [0.15, 0.2) is 0 Å². The minimum atomic E-state index is -1.27. The SMILES string of the molecule is CCOC(=O)[C@@]12C[C@H]1/C=C\CCCOC[C@H](CC(=O)OC(C)(C)C)C(=O)N1C[C@H](O)C[C@H]1C(=O)N2.CCOC(=O)[C@@]12C[C@H]1/C=C\CCCOC[C@H](CC(=O)OC(C)(C)C)C(=O)N1C[C@H](OC(=O)N3Cc4cccc(F)c4C3)C[C@H]1C(=O)N2.Cl.Fc1cccc2c1CCC2. The molecule has 2 saturated heterocycles. The van der Waals surface area contributed by atoms with Crippen LogP contribution in [0, 0.1) is 35.3 Å². The topological polar surface area (TPSA) is 272 Å². The third-order valence-corrected chi connectivity index (χ3v) is 17.3. The Balaban J connectivity index is 0.000000233. The van der Waals surface area contributed by atoms with E-state index >= 15 is 0 Å². The number of carbonyl (C=O) groups is 9. The van der Waals surface area contributed by atoms with E-state index in [-0.39, 0.29) is 108 Å². The largest absolute Gasteiger partial charge is 0.464 e. The summed E-state index contributed by atoms with van der Waals surface area (Å²) >= 11 is 0. The number of ether oxygens (including phenoxy) is 7. The molecule has 25 heteroatoms. The summed E-state index contributed by atoms with van der Waals surface area (Å²) in [5.74, 6) is -7.05. The molecule has 10 atom stereocenters. The molecule has 2 aromatic carbocycles. The first kappa shape index (κ1) is 73.4. The summed E-state index contributed by atoms with van der Waals surface area (Å²) in [4.78, 5) is 123. The van der Waals surface area contributed by atoms with Crippen LogP contribution in [-0.4, -0.2) is 173 Å². The summed E-state index contributed by atoms with van der Waals surface area (Å²) < 4.78 is 66.0. The molecule has 3 aliphatic carbocycles. The van der Waals surface area contributed by atoms with Gasteiger partial charge < -0.3 is 58.7 Å². The number of esters is 4. The van der Waals surface area contributed by atoms with Crippen molar-refractivity contribution >= 4 is 66.0 Å². The maximum absolute atomic E-state index is 14.3. The van der Waals surface area contributed by atoms with E-state index in [1.165, 1.54) is 26.3 Å². The normalized spacial score (nSPS) is 28.4. The van der Waals surface area contributed by atoms with Crippen molar-refractivity contribution in [3.63, 3.8) is 0 Å². The van der Waals surface area contributed by atoms with Crippen molar-refractivity contribution in [3.8, 4) is 0 Å². The van der Waals surface area contributed by atoms with Crippen LogP contribution in [0.1, 0.15) is 148 Å². The van der Waals surface area contributed by atoms with E-state index in [0.29, 0.717) is 62.9 Å². The summed E-state index contributed by atoms with van der Waals surface area (Å²) in [5, 5.41) is 16.0. The predicted molar refractivity (Wildman–Crippen MR) is 335 cm³/mol. The van der Waals surface area contributed by atoms with E-state index in [1.807, 2.05) is 30.4 Å². The van der Waals surface area contributed by atoms with Crippen LogP contribution in [0.25, 0.3) is 0 Å². The maximum atomic E-state index is 14.3. The zero-order valence-electron chi connectivity index (χ0n) is 54.6. The lowest BCUT2D eigenvalue weighted by molar-refractivity contribution is -0.160. The van der Waals surface area contributed by atoms with E-state index in [0.717, 1.165) is 24.8 Å². The number of amides is 5. The number of fused-ring (bicyclic) bond motifs is 6. The van der Waals surface area contributed by atoms with Crippen molar-refractivity contribution in [1.29, 1.82) is 0 Å². The third kappa shape index (κ3) is 19.1. The number of aliphatic hydroxyl groups is 1. The van der Waals surface area contributed by atoms with Crippen LogP contribution in [0.5, 0.6) is 0 Å². The second kappa shape index (κ2) is 31.9. The van der Waals surface area contributed by atoms with E-state index in [1.54, 1.807) is 79.7 Å². The molecule has 3 N–H and O–H groups in total. The number of rotatable bonds is 9. The fourth-order valence-electron chi connectivity index (χ4n) is 12.7. The highest BCUT2D eigenvalue weighted by molar-refractivity contribution is 5.97. The van der Waals surface area contributed by atoms with Gasteiger partial charge in [-0.15, -0.1) is 12.4 Å². The fourth-order valence-corrected chi connectivity index (χ4v) is 12.7. The van der Waals surface area contributed by atoms with Gasteiger partial charge in [0.1, 0.15) is 52.1 Å². The van der Waals surface area contributed by atoms with Crippen molar-refractivity contribution in [2.24, 2.45) is 23.7 Å². The molecule has 5 heterocycles. The van der Waals surface area contributed by atoms with Gasteiger partial charge in [-0.3, -0.25) is 33.7 Å². The highest BCUT2D eigenvalue weighted by atomic mass is 35.5. The van der Waals surface area contributed by atoms with Crippen LogP contribution < -0.4 is 10.6 Å². The lowest BCUT2D eigenvalue weighted by Gasteiger charge is -2.29. The number of nitrogens with zero attached hydrogens (tertiary/aromatic N) is 3. The molecule has 5 amide bonds. The van der Waals surface area contributed by atoms with Crippen molar-refractivity contribution in [2.75, 3.05) is 52.7 Å². The molecule has 22 nitrogen and oxygen atoms in total. The van der Waals surface area contributed by atoms with Gasteiger partial charge in [0, 0.05) is 56.5 Å². The van der Waals surface area contributed by atoms with Gasteiger partial charge in [0.25, 0.3) is 0 Å².